The lowest BCUT2D eigenvalue weighted by Crippen LogP contribution is -2.49. The van der Waals surface area contributed by atoms with Crippen LogP contribution < -0.4 is 5.73 Å². The molecule has 2 N–H and O–H groups in total. The quantitative estimate of drug-likeness (QED) is 0.835. The lowest BCUT2D eigenvalue weighted by Gasteiger charge is -2.38. The van der Waals surface area contributed by atoms with E-state index in [1.165, 1.54) is 11.3 Å². The van der Waals surface area contributed by atoms with Crippen molar-refractivity contribution in [1.29, 1.82) is 0 Å². The molecule has 2 aliphatic rings. The topological polar surface area (TPSA) is 83.7 Å². The van der Waals surface area contributed by atoms with Gasteiger partial charge in [0.1, 0.15) is 4.21 Å². The van der Waals surface area contributed by atoms with Gasteiger partial charge in [-0.25, -0.2) is 8.42 Å². The van der Waals surface area contributed by atoms with Crippen LogP contribution in [0.2, 0.25) is 0 Å². The number of nitrogens with two attached hydrogens (primary N) is 1. The van der Waals surface area contributed by atoms with Gasteiger partial charge in [0, 0.05) is 37.1 Å². The Morgan fingerprint density at radius 3 is 2.68 bits per heavy atom. The molecular weight excluding hydrogens is 358 g/mol. The maximum Gasteiger partial charge on any atom is 0.252 e. The zero-order valence-electron chi connectivity index (χ0n) is 14.7. The molecule has 2 atom stereocenters. The minimum absolute atomic E-state index is 0.0503. The van der Waals surface area contributed by atoms with Gasteiger partial charge in [0.2, 0.25) is 5.91 Å². The summed E-state index contributed by atoms with van der Waals surface area (Å²) in [5.74, 6) is 0.644. The van der Waals surface area contributed by atoms with Crippen molar-refractivity contribution >= 4 is 27.3 Å². The number of nitrogens with zero attached hydrogens (tertiary/aromatic N) is 2. The van der Waals surface area contributed by atoms with E-state index in [4.69, 9.17) is 5.73 Å². The highest BCUT2D eigenvalue weighted by Gasteiger charge is 2.31. The Bertz CT molecular complexity index is 710. The standard InChI is InChI=1S/C17H27N3O3S2/c1-13-6-9-20(14(10-13)12-18)16(21)11-15-4-5-17(24-15)25(22,23)19-7-2-3-8-19/h4-5,13-14H,2-3,6-12,18H2,1H3. The predicted molar refractivity (Wildman–Crippen MR) is 99.0 cm³/mol. The SMILES string of the molecule is CC1CCN(C(=O)Cc2ccc(S(=O)(=O)N3CCCC3)s2)C(CN)C1. The summed E-state index contributed by atoms with van der Waals surface area (Å²) in [6.07, 6.45) is 4.04. The van der Waals surface area contributed by atoms with E-state index in [2.05, 4.69) is 6.92 Å². The van der Waals surface area contributed by atoms with Crippen molar-refractivity contribution in [3.8, 4) is 0 Å². The number of carbonyl (C=O) groups is 1. The van der Waals surface area contributed by atoms with Crippen LogP contribution in [-0.2, 0) is 21.2 Å². The number of sulfonamides is 1. The van der Waals surface area contributed by atoms with Gasteiger partial charge < -0.3 is 10.6 Å². The number of carbonyl (C=O) groups excluding carboxylic acids is 1. The fraction of sp³-hybridized carbons (Fsp3) is 0.706. The summed E-state index contributed by atoms with van der Waals surface area (Å²) in [4.78, 5) is 15.4. The number of rotatable bonds is 5. The molecule has 1 amide bonds. The Morgan fingerprint density at radius 2 is 2.00 bits per heavy atom. The minimum Gasteiger partial charge on any atom is -0.338 e. The average molecular weight is 386 g/mol. The van der Waals surface area contributed by atoms with Crippen molar-refractivity contribution in [3.05, 3.63) is 17.0 Å². The van der Waals surface area contributed by atoms with Crippen LogP contribution in [0.1, 0.15) is 37.5 Å². The summed E-state index contributed by atoms with van der Waals surface area (Å²) in [7, 11) is -3.39. The van der Waals surface area contributed by atoms with E-state index in [1.54, 1.807) is 16.4 Å². The molecule has 0 saturated carbocycles. The smallest absolute Gasteiger partial charge is 0.252 e. The van der Waals surface area contributed by atoms with Crippen molar-refractivity contribution in [2.24, 2.45) is 11.7 Å². The first kappa shape index (κ1) is 18.8. The zero-order valence-corrected chi connectivity index (χ0v) is 16.3. The molecule has 0 aromatic carbocycles. The minimum atomic E-state index is -3.39. The third-order valence-corrected chi connectivity index (χ3v) is 8.64. The van der Waals surface area contributed by atoms with E-state index in [0.717, 1.165) is 37.1 Å². The Morgan fingerprint density at radius 1 is 1.28 bits per heavy atom. The van der Waals surface area contributed by atoms with Gasteiger partial charge >= 0.3 is 0 Å². The first-order valence-corrected chi connectivity index (χ1v) is 11.3. The average Bonchev–Trinajstić information content (AvgIpc) is 3.26. The van der Waals surface area contributed by atoms with Crippen molar-refractivity contribution in [2.75, 3.05) is 26.2 Å². The summed E-state index contributed by atoms with van der Waals surface area (Å²) >= 11 is 1.22. The molecule has 8 heteroatoms. The van der Waals surface area contributed by atoms with Crippen LogP contribution in [0.25, 0.3) is 0 Å². The second-order valence-electron chi connectivity index (χ2n) is 7.11. The third kappa shape index (κ3) is 4.07. The number of hydrogen-bond acceptors (Lipinski definition) is 5. The first-order chi connectivity index (χ1) is 11.9. The van der Waals surface area contributed by atoms with Crippen LogP contribution in [0.5, 0.6) is 0 Å². The summed E-state index contributed by atoms with van der Waals surface area (Å²) < 4.78 is 27.1. The van der Waals surface area contributed by atoms with Gasteiger partial charge in [-0.2, -0.15) is 4.31 Å². The van der Waals surface area contributed by atoms with Gasteiger partial charge in [0.25, 0.3) is 10.0 Å². The molecule has 1 aromatic rings. The normalized spacial score (nSPS) is 25.4. The molecule has 0 aliphatic carbocycles. The molecule has 25 heavy (non-hydrogen) atoms. The Hall–Kier alpha value is -0.960. The number of hydrogen-bond donors (Lipinski definition) is 1. The second kappa shape index (κ2) is 7.73. The third-order valence-electron chi connectivity index (χ3n) is 5.19. The maximum absolute atomic E-state index is 12.7. The number of piperidine rings is 1. The van der Waals surface area contributed by atoms with E-state index in [1.807, 2.05) is 4.90 Å². The molecule has 2 saturated heterocycles. The molecule has 6 nitrogen and oxygen atoms in total. The van der Waals surface area contributed by atoms with Crippen LogP contribution in [-0.4, -0.2) is 55.8 Å². The van der Waals surface area contributed by atoms with E-state index >= 15 is 0 Å². The molecule has 0 spiro atoms. The maximum atomic E-state index is 12.7. The van der Waals surface area contributed by atoms with Gasteiger partial charge in [-0.15, -0.1) is 11.3 Å². The van der Waals surface area contributed by atoms with E-state index in [9.17, 15) is 13.2 Å². The Kier molecular flexibility index (Phi) is 5.82. The molecule has 1 aromatic heterocycles. The van der Waals surface area contributed by atoms with E-state index < -0.39 is 10.0 Å². The fourth-order valence-electron chi connectivity index (χ4n) is 3.70. The van der Waals surface area contributed by atoms with Crippen LogP contribution in [0, 0.1) is 5.92 Å². The molecular formula is C17H27N3O3S2. The highest BCUT2D eigenvalue weighted by atomic mass is 32.2. The van der Waals surface area contributed by atoms with Crippen molar-refractivity contribution in [1.82, 2.24) is 9.21 Å². The van der Waals surface area contributed by atoms with Crippen molar-refractivity contribution in [2.45, 2.75) is 49.3 Å². The molecule has 2 aliphatic heterocycles. The molecule has 2 unspecified atom stereocenters. The van der Waals surface area contributed by atoms with Crippen LogP contribution in [0.4, 0.5) is 0 Å². The lowest BCUT2D eigenvalue weighted by atomic mass is 9.92. The molecule has 3 rings (SSSR count). The molecule has 140 valence electrons. The van der Waals surface area contributed by atoms with E-state index in [-0.39, 0.29) is 18.4 Å². The highest BCUT2D eigenvalue weighted by molar-refractivity contribution is 7.91. The summed E-state index contributed by atoms with van der Waals surface area (Å²) in [5.41, 5.74) is 5.84. The number of likely N-dealkylation sites (tertiary alicyclic amines) is 1. The van der Waals surface area contributed by atoms with Crippen molar-refractivity contribution < 1.29 is 13.2 Å². The second-order valence-corrected chi connectivity index (χ2v) is 10.4. The largest absolute Gasteiger partial charge is 0.338 e. The van der Waals surface area contributed by atoms with Crippen LogP contribution in [0.3, 0.4) is 0 Å². The molecule has 0 bridgehead atoms. The van der Waals surface area contributed by atoms with Gasteiger partial charge in [-0.1, -0.05) is 6.92 Å². The summed E-state index contributed by atoms with van der Waals surface area (Å²) in [6, 6.07) is 3.51. The van der Waals surface area contributed by atoms with Gasteiger partial charge in [-0.3, -0.25) is 4.79 Å². The van der Waals surface area contributed by atoms with E-state index in [0.29, 0.717) is 29.8 Å². The van der Waals surface area contributed by atoms with Crippen LogP contribution in [0.15, 0.2) is 16.3 Å². The van der Waals surface area contributed by atoms with Gasteiger partial charge in [-0.05, 0) is 43.7 Å². The first-order valence-electron chi connectivity index (χ1n) is 9.00. The highest BCUT2D eigenvalue weighted by Crippen LogP contribution is 2.29. The Labute approximate surface area is 154 Å². The number of thiophene rings is 1. The van der Waals surface area contributed by atoms with Gasteiger partial charge in [0.05, 0.1) is 6.42 Å². The van der Waals surface area contributed by atoms with Crippen LogP contribution >= 0.6 is 11.3 Å². The van der Waals surface area contributed by atoms with Crippen molar-refractivity contribution in [3.63, 3.8) is 0 Å². The molecule has 0 radical (unpaired) electrons. The van der Waals surface area contributed by atoms with Gasteiger partial charge in [0.15, 0.2) is 0 Å². The molecule has 3 heterocycles. The molecule has 2 fully saturated rings. The summed E-state index contributed by atoms with van der Waals surface area (Å²) in [6.45, 7) is 4.61. The number of amides is 1. The lowest BCUT2D eigenvalue weighted by molar-refractivity contribution is -0.134. The summed E-state index contributed by atoms with van der Waals surface area (Å²) in [5, 5.41) is 0. The zero-order chi connectivity index (χ0) is 18.0. The predicted octanol–water partition coefficient (Wildman–Crippen LogP) is 1.66. The monoisotopic (exact) mass is 385 g/mol. The fourth-order valence-corrected chi connectivity index (χ4v) is 6.72. The Balaban J connectivity index is 1.67.